The molecule has 0 N–H and O–H groups in total. The summed E-state index contributed by atoms with van der Waals surface area (Å²) >= 11 is 0. The summed E-state index contributed by atoms with van der Waals surface area (Å²) < 4.78 is 7.61. The van der Waals surface area contributed by atoms with Crippen molar-refractivity contribution in [2.75, 3.05) is 7.05 Å². The summed E-state index contributed by atoms with van der Waals surface area (Å²) in [6, 6.07) is 12.6. The average molecular weight is 281 g/mol. The molecule has 0 spiro atoms. The fourth-order valence-electron chi connectivity index (χ4n) is 2.39. The first-order chi connectivity index (χ1) is 10.2. The highest BCUT2D eigenvalue weighted by atomic mass is 16.3. The number of aryl methyl sites for hydroxylation is 1. The standard InChI is InChI=1S/C17H19N3O/c1-14-3-8-17(21-14)12-19(2)11-15-4-6-16(7-5-15)20-10-9-18-13-20/h3-10,13H,11-12H2,1-2H3. The lowest BCUT2D eigenvalue weighted by Gasteiger charge is -2.15. The van der Waals surface area contributed by atoms with Crippen molar-refractivity contribution < 1.29 is 4.42 Å². The van der Waals surface area contributed by atoms with Crippen LogP contribution in [0, 0.1) is 6.92 Å². The summed E-state index contributed by atoms with van der Waals surface area (Å²) in [5, 5.41) is 0. The van der Waals surface area contributed by atoms with Gasteiger partial charge in [0.05, 0.1) is 12.9 Å². The van der Waals surface area contributed by atoms with Gasteiger partial charge < -0.3 is 8.98 Å². The van der Waals surface area contributed by atoms with Gasteiger partial charge >= 0.3 is 0 Å². The van der Waals surface area contributed by atoms with E-state index in [2.05, 4.69) is 41.2 Å². The molecule has 3 aromatic rings. The average Bonchev–Trinajstić information content (AvgIpc) is 3.11. The monoisotopic (exact) mass is 281 g/mol. The van der Waals surface area contributed by atoms with Crippen LogP contribution in [-0.4, -0.2) is 21.5 Å². The molecule has 0 aliphatic rings. The van der Waals surface area contributed by atoms with Crippen molar-refractivity contribution in [2.45, 2.75) is 20.0 Å². The number of aromatic nitrogens is 2. The fraction of sp³-hybridized carbons (Fsp3) is 0.235. The molecule has 0 bridgehead atoms. The Bertz CT molecular complexity index is 683. The molecule has 1 aromatic carbocycles. The van der Waals surface area contributed by atoms with Crippen LogP contribution in [0.4, 0.5) is 0 Å². The zero-order valence-electron chi connectivity index (χ0n) is 12.4. The third-order valence-electron chi connectivity index (χ3n) is 3.41. The van der Waals surface area contributed by atoms with E-state index in [-0.39, 0.29) is 0 Å². The highest BCUT2D eigenvalue weighted by Gasteiger charge is 2.05. The van der Waals surface area contributed by atoms with Crippen molar-refractivity contribution in [1.29, 1.82) is 0 Å². The van der Waals surface area contributed by atoms with Crippen molar-refractivity contribution in [3.05, 3.63) is 72.2 Å². The third kappa shape index (κ3) is 3.41. The van der Waals surface area contributed by atoms with E-state index in [0.29, 0.717) is 0 Å². The molecule has 0 saturated carbocycles. The predicted octanol–water partition coefficient (Wildman–Crippen LogP) is 3.41. The van der Waals surface area contributed by atoms with Gasteiger partial charge in [0.25, 0.3) is 0 Å². The fourth-order valence-corrected chi connectivity index (χ4v) is 2.39. The number of imidazole rings is 1. The Morgan fingerprint density at radius 3 is 2.52 bits per heavy atom. The summed E-state index contributed by atoms with van der Waals surface area (Å²) in [6.07, 6.45) is 5.54. The summed E-state index contributed by atoms with van der Waals surface area (Å²) in [7, 11) is 2.10. The molecule has 0 radical (unpaired) electrons. The molecule has 0 aliphatic heterocycles. The SMILES string of the molecule is Cc1ccc(CN(C)Cc2ccc(-n3ccnc3)cc2)o1. The van der Waals surface area contributed by atoms with Gasteiger partial charge in [-0.3, -0.25) is 4.90 Å². The van der Waals surface area contributed by atoms with Crippen LogP contribution in [0.3, 0.4) is 0 Å². The molecular formula is C17H19N3O. The van der Waals surface area contributed by atoms with Crippen LogP contribution in [0.1, 0.15) is 17.1 Å². The minimum atomic E-state index is 0.817. The van der Waals surface area contributed by atoms with Crippen LogP contribution in [0.2, 0.25) is 0 Å². The maximum absolute atomic E-state index is 5.61. The van der Waals surface area contributed by atoms with Gasteiger partial charge in [0.2, 0.25) is 0 Å². The van der Waals surface area contributed by atoms with Crippen LogP contribution < -0.4 is 0 Å². The highest BCUT2D eigenvalue weighted by molar-refractivity contribution is 5.34. The van der Waals surface area contributed by atoms with Crippen LogP contribution in [0.25, 0.3) is 5.69 Å². The molecule has 0 atom stereocenters. The number of hydrogen-bond acceptors (Lipinski definition) is 3. The van der Waals surface area contributed by atoms with Crippen molar-refractivity contribution in [3.8, 4) is 5.69 Å². The van der Waals surface area contributed by atoms with E-state index in [0.717, 1.165) is 30.3 Å². The normalized spacial score (nSPS) is 11.2. The molecule has 0 aliphatic carbocycles. The quantitative estimate of drug-likeness (QED) is 0.718. The zero-order valence-corrected chi connectivity index (χ0v) is 12.4. The lowest BCUT2D eigenvalue weighted by molar-refractivity contribution is 0.285. The molecule has 0 unspecified atom stereocenters. The van der Waals surface area contributed by atoms with Gasteiger partial charge in [-0.25, -0.2) is 4.98 Å². The van der Waals surface area contributed by atoms with Crippen molar-refractivity contribution in [2.24, 2.45) is 0 Å². The molecular weight excluding hydrogens is 262 g/mol. The molecule has 108 valence electrons. The Morgan fingerprint density at radius 1 is 1.10 bits per heavy atom. The Hall–Kier alpha value is -2.33. The lowest BCUT2D eigenvalue weighted by atomic mass is 10.2. The number of furan rings is 1. The molecule has 4 heteroatoms. The van der Waals surface area contributed by atoms with E-state index in [1.807, 2.05) is 29.8 Å². The molecule has 0 saturated heterocycles. The number of benzene rings is 1. The third-order valence-corrected chi connectivity index (χ3v) is 3.41. The summed E-state index contributed by atoms with van der Waals surface area (Å²) in [5.41, 5.74) is 2.41. The first kappa shape index (κ1) is 13.6. The van der Waals surface area contributed by atoms with E-state index in [4.69, 9.17) is 4.42 Å². The van der Waals surface area contributed by atoms with Crippen LogP contribution in [0.5, 0.6) is 0 Å². The number of rotatable bonds is 5. The Balaban J connectivity index is 1.62. The number of nitrogens with zero attached hydrogens (tertiary/aromatic N) is 3. The van der Waals surface area contributed by atoms with Gasteiger partial charge in [-0.15, -0.1) is 0 Å². The topological polar surface area (TPSA) is 34.2 Å². The Kier molecular flexibility index (Phi) is 3.88. The predicted molar refractivity (Wildman–Crippen MR) is 82.2 cm³/mol. The molecule has 21 heavy (non-hydrogen) atoms. The second-order valence-corrected chi connectivity index (χ2v) is 5.32. The van der Waals surface area contributed by atoms with Crippen LogP contribution in [0.15, 0.2) is 59.5 Å². The highest BCUT2D eigenvalue weighted by Crippen LogP contribution is 2.13. The minimum Gasteiger partial charge on any atom is -0.465 e. The van der Waals surface area contributed by atoms with E-state index < -0.39 is 0 Å². The van der Waals surface area contributed by atoms with Gasteiger partial charge in [0, 0.05) is 24.6 Å². The zero-order chi connectivity index (χ0) is 14.7. The first-order valence-electron chi connectivity index (χ1n) is 7.02. The smallest absolute Gasteiger partial charge is 0.118 e. The number of hydrogen-bond donors (Lipinski definition) is 0. The molecule has 0 fully saturated rings. The molecule has 2 heterocycles. The Labute approximate surface area is 124 Å². The van der Waals surface area contributed by atoms with Gasteiger partial charge in [0.1, 0.15) is 11.5 Å². The summed E-state index contributed by atoms with van der Waals surface area (Å²) in [4.78, 5) is 6.30. The van der Waals surface area contributed by atoms with Gasteiger partial charge in [-0.1, -0.05) is 12.1 Å². The van der Waals surface area contributed by atoms with Crippen molar-refractivity contribution in [1.82, 2.24) is 14.5 Å². The van der Waals surface area contributed by atoms with Crippen LogP contribution in [-0.2, 0) is 13.1 Å². The van der Waals surface area contributed by atoms with Crippen molar-refractivity contribution in [3.63, 3.8) is 0 Å². The van der Waals surface area contributed by atoms with Crippen LogP contribution >= 0.6 is 0 Å². The summed E-state index contributed by atoms with van der Waals surface area (Å²) in [5.74, 6) is 1.97. The van der Waals surface area contributed by atoms with Gasteiger partial charge in [0.15, 0.2) is 0 Å². The lowest BCUT2D eigenvalue weighted by Crippen LogP contribution is -2.16. The second-order valence-electron chi connectivity index (χ2n) is 5.32. The minimum absolute atomic E-state index is 0.817. The van der Waals surface area contributed by atoms with E-state index in [9.17, 15) is 0 Å². The first-order valence-corrected chi connectivity index (χ1v) is 7.02. The van der Waals surface area contributed by atoms with E-state index >= 15 is 0 Å². The summed E-state index contributed by atoms with van der Waals surface area (Å²) in [6.45, 7) is 3.68. The van der Waals surface area contributed by atoms with E-state index in [1.54, 1.807) is 12.5 Å². The maximum atomic E-state index is 5.61. The molecule has 2 aromatic heterocycles. The maximum Gasteiger partial charge on any atom is 0.118 e. The van der Waals surface area contributed by atoms with Gasteiger partial charge in [-0.05, 0) is 43.8 Å². The molecule has 3 rings (SSSR count). The van der Waals surface area contributed by atoms with Crippen molar-refractivity contribution >= 4 is 0 Å². The Morgan fingerprint density at radius 2 is 1.90 bits per heavy atom. The van der Waals surface area contributed by atoms with E-state index in [1.165, 1.54) is 5.56 Å². The van der Waals surface area contributed by atoms with Gasteiger partial charge in [-0.2, -0.15) is 0 Å². The second kappa shape index (κ2) is 5.97. The molecule has 0 amide bonds. The molecule has 4 nitrogen and oxygen atoms in total. The largest absolute Gasteiger partial charge is 0.465 e.